The first-order valence-corrected chi connectivity index (χ1v) is 19.0. The lowest BCUT2D eigenvalue weighted by Crippen LogP contribution is -2.01. The number of aromatic nitrogens is 4. The van der Waals surface area contributed by atoms with Gasteiger partial charge in [-0.3, -0.25) is 0 Å². The van der Waals surface area contributed by atoms with Crippen molar-refractivity contribution in [1.29, 1.82) is 0 Å². The Morgan fingerprint density at radius 3 is 1.77 bits per heavy atom. The van der Waals surface area contributed by atoms with Crippen LogP contribution in [-0.2, 0) is 0 Å². The fourth-order valence-electron chi connectivity index (χ4n) is 8.43. The Bertz CT molecular complexity index is 3530. The molecular weight excluding hydrogens is 701 g/mol. The molecule has 6 heteroatoms. The molecule has 8 aromatic carbocycles. The molecule has 0 bridgehead atoms. The molecule has 0 spiro atoms. The molecule has 0 radical (unpaired) electrons. The fraction of sp³-hybridized carbons (Fsp3) is 0. The van der Waals surface area contributed by atoms with E-state index in [1.165, 1.54) is 0 Å². The molecule has 0 fully saturated rings. The average Bonchev–Trinajstić information content (AvgIpc) is 3.95. The standard InChI is InChI=1S/C51H30N4O2/c1-3-14-31(15-4-1)33-18-13-19-34(28-33)50-52-49(32-16-5-2-6-17-32)53-51(54-50)38-26-27-42(47-37-22-9-12-25-45(37)57-48(38)47)55-41-23-10-7-20-35(41)39-29-40-36-21-8-11-24-44(36)56-46(40)30-43(39)55/h1-30H. The Hall–Kier alpha value is -7.83. The van der Waals surface area contributed by atoms with Crippen molar-refractivity contribution in [2.24, 2.45) is 0 Å². The molecular formula is C51H30N4O2. The highest BCUT2D eigenvalue weighted by molar-refractivity contribution is 6.20. The van der Waals surface area contributed by atoms with E-state index in [1.54, 1.807) is 0 Å². The van der Waals surface area contributed by atoms with Crippen molar-refractivity contribution < 1.29 is 8.83 Å². The van der Waals surface area contributed by atoms with E-state index >= 15 is 0 Å². The van der Waals surface area contributed by atoms with Gasteiger partial charge in [0.25, 0.3) is 0 Å². The predicted molar refractivity (Wildman–Crippen MR) is 230 cm³/mol. The summed E-state index contributed by atoms with van der Waals surface area (Å²) in [5, 5.41) is 6.51. The third-order valence-electron chi connectivity index (χ3n) is 11.1. The molecule has 4 aromatic heterocycles. The average molecular weight is 731 g/mol. The minimum Gasteiger partial charge on any atom is -0.456 e. The van der Waals surface area contributed by atoms with Gasteiger partial charge in [0.2, 0.25) is 0 Å². The maximum Gasteiger partial charge on any atom is 0.167 e. The second kappa shape index (κ2) is 12.3. The first-order valence-electron chi connectivity index (χ1n) is 19.0. The van der Waals surface area contributed by atoms with Crippen molar-refractivity contribution in [3.8, 4) is 51.0 Å². The van der Waals surface area contributed by atoms with Gasteiger partial charge in [-0.05, 0) is 53.6 Å². The van der Waals surface area contributed by atoms with Crippen molar-refractivity contribution in [3.05, 3.63) is 182 Å². The smallest absolute Gasteiger partial charge is 0.167 e. The Morgan fingerprint density at radius 1 is 0.351 bits per heavy atom. The molecule has 0 N–H and O–H groups in total. The van der Waals surface area contributed by atoms with E-state index in [0.29, 0.717) is 23.1 Å². The zero-order chi connectivity index (χ0) is 37.5. The van der Waals surface area contributed by atoms with Gasteiger partial charge in [-0.1, -0.05) is 133 Å². The maximum absolute atomic E-state index is 6.85. The summed E-state index contributed by atoms with van der Waals surface area (Å²) in [7, 11) is 0. The monoisotopic (exact) mass is 730 g/mol. The second-order valence-electron chi connectivity index (χ2n) is 14.4. The van der Waals surface area contributed by atoms with Crippen LogP contribution in [0.25, 0.3) is 117 Å². The van der Waals surface area contributed by atoms with Crippen LogP contribution in [0.2, 0.25) is 0 Å². The molecule has 0 atom stereocenters. The van der Waals surface area contributed by atoms with Gasteiger partial charge in [0.15, 0.2) is 17.5 Å². The first-order chi connectivity index (χ1) is 28.2. The van der Waals surface area contributed by atoms with Crippen molar-refractivity contribution in [2.75, 3.05) is 0 Å². The van der Waals surface area contributed by atoms with Crippen LogP contribution in [0.15, 0.2) is 191 Å². The van der Waals surface area contributed by atoms with Gasteiger partial charge in [0, 0.05) is 44.1 Å². The first kappa shape index (κ1) is 31.5. The Labute approximate surface area is 325 Å². The number of hydrogen-bond acceptors (Lipinski definition) is 5. The summed E-state index contributed by atoms with van der Waals surface area (Å²) in [5.74, 6) is 1.71. The summed E-state index contributed by atoms with van der Waals surface area (Å²) >= 11 is 0. The van der Waals surface area contributed by atoms with E-state index in [9.17, 15) is 0 Å². The van der Waals surface area contributed by atoms with E-state index in [2.05, 4.69) is 126 Å². The molecule has 0 saturated carbocycles. The summed E-state index contributed by atoms with van der Waals surface area (Å²) < 4.78 is 15.6. The van der Waals surface area contributed by atoms with Crippen LogP contribution in [0.1, 0.15) is 0 Å². The number of para-hydroxylation sites is 3. The molecule has 4 heterocycles. The Kier molecular flexibility index (Phi) is 6.83. The topological polar surface area (TPSA) is 69.9 Å². The van der Waals surface area contributed by atoms with Crippen LogP contribution < -0.4 is 0 Å². The van der Waals surface area contributed by atoms with Crippen LogP contribution in [-0.4, -0.2) is 19.5 Å². The SMILES string of the molecule is c1ccc(-c2cccc(-c3nc(-c4ccccc4)nc(-c4ccc(-n5c6ccccc6c6cc7c(cc65)oc5ccccc57)c5c4oc4ccccc45)n3)c2)cc1. The number of nitrogens with zero attached hydrogens (tertiary/aromatic N) is 4. The van der Waals surface area contributed by atoms with Gasteiger partial charge < -0.3 is 13.4 Å². The van der Waals surface area contributed by atoms with E-state index in [-0.39, 0.29) is 0 Å². The van der Waals surface area contributed by atoms with E-state index in [4.69, 9.17) is 23.8 Å². The van der Waals surface area contributed by atoms with Crippen molar-refractivity contribution in [3.63, 3.8) is 0 Å². The summed E-state index contributed by atoms with van der Waals surface area (Å²) in [6.45, 7) is 0. The number of fused-ring (bicyclic) bond motifs is 9. The van der Waals surface area contributed by atoms with Gasteiger partial charge in [-0.25, -0.2) is 15.0 Å². The molecule has 0 unspecified atom stereocenters. The highest BCUT2D eigenvalue weighted by Crippen LogP contribution is 2.44. The zero-order valence-electron chi connectivity index (χ0n) is 30.4. The Morgan fingerprint density at radius 2 is 0.965 bits per heavy atom. The lowest BCUT2D eigenvalue weighted by atomic mass is 10.0. The lowest BCUT2D eigenvalue weighted by molar-refractivity contribution is 0.669. The van der Waals surface area contributed by atoms with Crippen molar-refractivity contribution in [1.82, 2.24) is 19.5 Å². The molecule has 12 aromatic rings. The maximum atomic E-state index is 6.85. The molecule has 6 nitrogen and oxygen atoms in total. The minimum absolute atomic E-state index is 0.533. The van der Waals surface area contributed by atoms with Crippen LogP contribution in [0.5, 0.6) is 0 Å². The summed E-state index contributed by atoms with van der Waals surface area (Å²) in [6.07, 6.45) is 0. The van der Waals surface area contributed by atoms with Gasteiger partial charge in [-0.15, -0.1) is 0 Å². The summed E-state index contributed by atoms with van der Waals surface area (Å²) in [6, 6.07) is 62.6. The largest absolute Gasteiger partial charge is 0.456 e. The molecule has 0 aliphatic carbocycles. The summed E-state index contributed by atoms with van der Waals surface area (Å²) in [4.78, 5) is 15.4. The highest BCUT2D eigenvalue weighted by atomic mass is 16.3. The van der Waals surface area contributed by atoms with Gasteiger partial charge in [0.1, 0.15) is 22.3 Å². The van der Waals surface area contributed by atoms with E-state index < -0.39 is 0 Å². The number of furan rings is 2. The molecule has 0 aliphatic heterocycles. The van der Waals surface area contributed by atoms with Crippen LogP contribution in [0, 0.1) is 0 Å². The lowest BCUT2D eigenvalue weighted by Gasteiger charge is -2.13. The Balaban J connectivity index is 1.13. The summed E-state index contributed by atoms with van der Waals surface area (Å²) in [5.41, 5.74) is 11.2. The quantitative estimate of drug-likeness (QED) is 0.176. The van der Waals surface area contributed by atoms with Gasteiger partial charge >= 0.3 is 0 Å². The number of benzene rings is 8. The number of rotatable bonds is 5. The fourth-order valence-corrected chi connectivity index (χ4v) is 8.43. The molecule has 12 rings (SSSR count). The van der Waals surface area contributed by atoms with Crippen molar-refractivity contribution in [2.45, 2.75) is 0 Å². The van der Waals surface area contributed by atoms with Gasteiger partial charge in [0.05, 0.1) is 27.7 Å². The molecule has 57 heavy (non-hydrogen) atoms. The predicted octanol–water partition coefficient (Wildman–Crippen LogP) is 13.4. The van der Waals surface area contributed by atoms with E-state index in [0.717, 1.165) is 93.6 Å². The number of hydrogen-bond donors (Lipinski definition) is 0. The van der Waals surface area contributed by atoms with Crippen LogP contribution in [0.4, 0.5) is 0 Å². The second-order valence-corrected chi connectivity index (χ2v) is 14.4. The third kappa shape index (κ3) is 4.94. The van der Waals surface area contributed by atoms with Crippen LogP contribution >= 0.6 is 0 Å². The molecule has 0 aliphatic rings. The molecule has 266 valence electrons. The van der Waals surface area contributed by atoms with Crippen LogP contribution in [0.3, 0.4) is 0 Å². The highest BCUT2D eigenvalue weighted by Gasteiger charge is 2.24. The van der Waals surface area contributed by atoms with Gasteiger partial charge in [-0.2, -0.15) is 0 Å². The normalized spacial score (nSPS) is 11.9. The van der Waals surface area contributed by atoms with Crippen molar-refractivity contribution >= 4 is 65.7 Å². The molecule has 0 saturated heterocycles. The third-order valence-corrected chi connectivity index (χ3v) is 11.1. The molecule has 0 amide bonds. The minimum atomic E-state index is 0.533. The zero-order valence-corrected chi connectivity index (χ0v) is 30.4. The van der Waals surface area contributed by atoms with E-state index in [1.807, 2.05) is 60.7 Å².